The van der Waals surface area contributed by atoms with Gasteiger partial charge in [0.15, 0.2) is 6.10 Å². The fourth-order valence-corrected chi connectivity index (χ4v) is 11.6. The predicted molar refractivity (Wildman–Crippen MR) is 408 cm³/mol. The van der Waals surface area contributed by atoms with Crippen molar-refractivity contribution in [2.45, 2.75) is 341 Å². The molecule has 94 heavy (non-hydrogen) atoms. The standard InChI is InChI=1S/C84H146NO8P/c1-6-8-10-12-14-16-18-20-22-24-26-28-30-32-34-36-38-40-41-42-43-45-46-48-50-52-54-56-58-60-62-64-66-68-70-72-74-76-83(86)90-80-82(81-92-94(88,89)91-79-78-85(3,4)5)93-84(87)77-75-73-71-69-67-65-63-61-59-57-55-53-51-49-47-44-39-37-35-33-31-29-27-25-23-21-19-17-15-13-11-9-7-2/h8-11,14-17,20-23,26-29,32-35,39,44,82H,6-7,12-13,18-19,24-25,30-31,36-38,40-43,45-81H2,1-5H3/p+1/b10-8-,11-9-,16-14-,17-15-,22-20-,23-21-,28-26-,29-27-,34-32-,35-33-,44-39-. The second kappa shape index (κ2) is 73.4. The van der Waals surface area contributed by atoms with E-state index in [0.717, 1.165) is 109 Å². The summed E-state index contributed by atoms with van der Waals surface area (Å²) >= 11 is 0. The molecule has 0 aliphatic heterocycles. The van der Waals surface area contributed by atoms with Crippen molar-refractivity contribution in [2.24, 2.45) is 0 Å². The van der Waals surface area contributed by atoms with Crippen molar-refractivity contribution in [3.05, 3.63) is 134 Å². The van der Waals surface area contributed by atoms with Gasteiger partial charge in [-0.15, -0.1) is 0 Å². The minimum atomic E-state index is -4.40. The summed E-state index contributed by atoms with van der Waals surface area (Å²) < 4.78 is 34.8. The number of carbonyl (C=O) groups excluding carboxylic acids is 2. The quantitative estimate of drug-likeness (QED) is 0.0211. The zero-order valence-electron chi connectivity index (χ0n) is 61.7. The Morgan fingerprint density at radius 2 is 0.574 bits per heavy atom. The fourth-order valence-electron chi connectivity index (χ4n) is 10.8. The highest BCUT2D eigenvalue weighted by atomic mass is 31.2. The lowest BCUT2D eigenvalue weighted by molar-refractivity contribution is -0.870. The molecule has 0 aliphatic rings. The third-order valence-corrected chi connectivity index (χ3v) is 17.7. The highest BCUT2D eigenvalue weighted by molar-refractivity contribution is 7.47. The van der Waals surface area contributed by atoms with Crippen LogP contribution in [0.3, 0.4) is 0 Å². The molecule has 0 saturated carbocycles. The second-order valence-corrected chi connectivity index (χ2v) is 28.4. The number of nitrogens with zero attached hydrogens (tertiary/aromatic N) is 1. The molecule has 0 amide bonds. The Morgan fingerprint density at radius 3 is 0.851 bits per heavy atom. The third kappa shape index (κ3) is 77.2. The number of esters is 2. The fraction of sp³-hybridized carbons (Fsp3) is 0.714. The third-order valence-electron chi connectivity index (χ3n) is 16.7. The van der Waals surface area contributed by atoms with E-state index in [2.05, 4.69) is 148 Å². The van der Waals surface area contributed by atoms with E-state index in [-0.39, 0.29) is 32.0 Å². The van der Waals surface area contributed by atoms with E-state index >= 15 is 0 Å². The highest BCUT2D eigenvalue weighted by Gasteiger charge is 2.27. The summed E-state index contributed by atoms with van der Waals surface area (Å²) in [5.74, 6) is -0.789. The smallest absolute Gasteiger partial charge is 0.462 e. The Morgan fingerprint density at radius 1 is 0.330 bits per heavy atom. The maximum Gasteiger partial charge on any atom is 0.472 e. The number of ether oxygens (including phenoxy) is 2. The van der Waals surface area contributed by atoms with Crippen LogP contribution < -0.4 is 0 Å². The molecule has 0 aromatic rings. The van der Waals surface area contributed by atoms with E-state index < -0.39 is 26.5 Å². The summed E-state index contributed by atoms with van der Waals surface area (Å²) in [5, 5.41) is 0. The lowest BCUT2D eigenvalue weighted by atomic mass is 10.0. The van der Waals surface area contributed by atoms with Crippen LogP contribution in [-0.4, -0.2) is 74.9 Å². The van der Waals surface area contributed by atoms with Crippen LogP contribution in [0.15, 0.2) is 134 Å². The van der Waals surface area contributed by atoms with Gasteiger partial charge in [-0.3, -0.25) is 18.6 Å². The number of hydrogen-bond donors (Lipinski definition) is 1. The monoisotopic (exact) mass is 1330 g/mol. The van der Waals surface area contributed by atoms with Crippen molar-refractivity contribution in [1.29, 1.82) is 0 Å². The first kappa shape index (κ1) is 90.2. The van der Waals surface area contributed by atoms with Crippen molar-refractivity contribution in [3.63, 3.8) is 0 Å². The minimum absolute atomic E-state index is 0.0287. The van der Waals surface area contributed by atoms with Gasteiger partial charge in [0, 0.05) is 12.8 Å². The van der Waals surface area contributed by atoms with Gasteiger partial charge in [0.05, 0.1) is 27.7 Å². The van der Waals surface area contributed by atoms with Gasteiger partial charge in [-0.05, 0) is 109 Å². The first-order valence-corrected chi connectivity index (χ1v) is 40.4. The molecule has 0 heterocycles. The number of hydrogen-bond acceptors (Lipinski definition) is 7. The van der Waals surface area contributed by atoms with E-state index in [1.165, 1.54) is 193 Å². The van der Waals surface area contributed by atoms with Crippen molar-refractivity contribution in [2.75, 3.05) is 47.5 Å². The number of carbonyl (C=O) groups is 2. The van der Waals surface area contributed by atoms with E-state index in [0.29, 0.717) is 17.4 Å². The van der Waals surface area contributed by atoms with E-state index in [1.54, 1.807) is 0 Å². The number of quaternary nitrogens is 1. The predicted octanol–water partition coefficient (Wildman–Crippen LogP) is 25.9. The Kier molecular flexibility index (Phi) is 70.4. The zero-order chi connectivity index (χ0) is 68.3. The van der Waals surface area contributed by atoms with E-state index in [1.807, 2.05) is 21.1 Å². The Balaban J connectivity index is 3.98. The van der Waals surface area contributed by atoms with E-state index in [4.69, 9.17) is 18.5 Å². The SMILES string of the molecule is CC/C=C\C/C=C\C/C=C\C/C=C\C/C=C\C/C=C\CCCCCCCCCCCCCCCCC(=O)OC(COC(=O)CCCCCCCCCCCCCCCCCCCCCCC/C=C\C/C=C\C/C=C\C/C=C\C/C=C\CC)COP(=O)(O)OCC[N+](C)(C)C. The lowest BCUT2D eigenvalue weighted by Gasteiger charge is -2.24. The Labute approximate surface area is 581 Å². The minimum Gasteiger partial charge on any atom is -0.462 e. The van der Waals surface area contributed by atoms with Crippen molar-refractivity contribution in [1.82, 2.24) is 0 Å². The normalized spacial score (nSPS) is 13.8. The van der Waals surface area contributed by atoms with Gasteiger partial charge < -0.3 is 18.9 Å². The van der Waals surface area contributed by atoms with Crippen LogP contribution in [0.25, 0.3) is 0 Å². The maximum absolute atomic E-state index is 12.9. The number of phosphoric ester groups is 1. The van der Waals surface area contributed by atoms with Crippen LogP contribution in [0, 0.1) is 0 Å². The number of rotatable bonds is 71. The summed E-state index contributed by atoms with van der Waals surface area (Å²) in [5.41, 5.74) is 0. The van der Waals surface area contributed by atoms with Crippen LogP contribution in [-0.2, 0) is 32.7 Å². The molecule has 0 aromatic carbocycles. The van der Waals surface area contributed by atoms with Gasteiger partial charge in [0.2, 0.25) is 0 Å². The van der Waals surface area contributed by atoms with E-state index in [9.17, 15) is 19.0 Å². The summed E-state index contributed by atoms with van der Waals surface area (Å²) in [6.45, 7) is 4.24. The number of allylic oxidation sites excluding steroid dienone is 22. The summed E-state index contributed by atoms with van der Waals surface area (Å²) in [7, 11) is 1.48. The van der Waals surface area contributed by atoms with Crippen molar-refractivity contribution in [3.8, 4) is 0 Å². The first-order chi connectivity index (χ1) is 46.0. The molecule has 0 saturated heterocycles. The Bertz CT molecular complexity index is 2050. The van der Waals surface area contributed by atoms with Crippen LogP contribution in [0.2, 0.25) is 0 Å². The average molecular weight is 1330 g/mol. The molecule has 1 N–H and O–H groups in total. The van der Waals surface area contributed by atoms with Crippen LogP contribution in [0.5, 0.6) is 0 Å². The maximum atomic E-state index is 12.9. The van der Waals surface area contributed by atoms with Gasteiger partial charge in [-0.2, -0.15) is 0 Å². The van der Waals surface area contributed by atoms with Crippen LogP contribution >= 0.6 is 7.82 Å². The van der Waals surface area contributed by atoms with Crippen LogP contribution in [0.1, 0.15) is 335 Å². The molecule has 0 radical (unpaired) electrons. The molecule has 10 heteroatoms. The second-order valence-electron chi connectivity index (χ2n) is 27.0. The van der Waals surface area contributed by atoms with Gasteiger partial charge in [0.1, 0.15) is 19.8 Å². The summed E-state index contributed by atoms with van der Waals surface area (Å²) in [4.78, 5) is 36.0. The highest BCUT2D eigenvalue weighted by Crippen LogP contribution is 2.43. The zero-order valence-corrected chi connectivity index (χ0v) is 62.6. The summed E-state index contributed by atoms with van der Waals surface area (Å²) in [6.07, 6.45) is 107. The van der Waals surface area contributed by atoms with Crippen molar-refractivity contribution < 1.29 is 42.1 Å². The molecular weight excluding hydrogens is 1180 g/mol. The largest absolute Gasteiger partial charge is 0.472 e. The molecule has 9 nitrogen and oxygen atoms in total. The molecule has 0 fully saturated rings. The van der Waals surface area contributed by atoms with Crippen LogP contribution in [0.4, 0.5) is 0 Å². The van der Waals surface area contributed by atoms with Gasteiger partial charge >= 0.3 is 19.8 Å². The molecule has 0 spiro atoms. The molecule has 2 unspecified atom stereocenters. The molecule has 0 aliphatic carbocycles. The molecule has 0 bridgehead atoms. The lowest BCUT2D eigenvalue weighted by Crippen LogP contribution is -2.37. The molecule has 0 aromatic heterocycles. The van der Waals surface area contributed by atoms with Gasteiger partial charge in [-0.25, -0.2) is 4.57 Å². The molecular formula is C84H147NO8P+. The van der Waals surface area contributed by atoms with Crippen molar-refractivity contribution >= 4 is 19.8 Å². The summed E-state index contributed by atoms with van der Waals surface area (Å²) in [6, 6.07) is 0. The number of likely N-dealkylation sites (N-methyl/N-ethyl adjacent to an activating group) is 1. The molecule has 0 rings (SSSR count). The average Bonchev–Trinajstić information content (AvgIpc) is 1.56. The molecule has 2 atom stereocenters. The van der Waals surface area contributed by atoms with Gasteiger partial charge in [0.25, 0.3) is 0 Å². The Hall–Kier alpha value is -3.85. The first-order valence-electron chi connectivity index (χ1n) is 38.9. The van der Waals surface area contributed by atoms with Gasteiger partial charge in [-0.1, -0.05) is 347 Å². The topological polar surface area (TPSA) is 108 Å². The molecule has 540 valence electrons. The number of phosphoric acid groups is 1. The number of unbranched alkanes of at least 4 members (excludes halogenated alkanes) is 35.